The average molecular weight is 127 g/mol. The molecular weight excluding hydrogens is 112 g/mol. The van der Waals surface area contributed by atoms with Crippen LogP contribution in [0.5, 0.6) is 0 Å². The summed E-state index contributed by atoms with van der Waals surface area (Å²) < 4.78 is 0. The predicted octanol–water partition coefficient (Wildman–Crippen LogP) is 2.71. The maximum Gasteiger partial charge on any atom is 0.0513 e. The quantitative estimate of drug-likeness (QED) is 0.402. The molecule has 47 valence electrons. The minimum absolute atomic E-state index is 0.00772. The fraction of sp³-hybridized carbons (Fsp3) is 0.714. The number of rotatable bonds is 4. The fourth-order valence-electron chi connectivity index (χ4n) is 0.743. The van der Waals surface area contributed by atoms with Crippen LogP contribution in [-0.2, 0) is 0 Å². The van der Waals surface area contributed by atoms with Crippen LogP contribution in [0.1, 0.15) is 13.8 Å². The Balaban J connectivity index is 3.20. The van der Waals surface area contributed by atoms with Crippen LogP contribution in [0.15, 0.2) is 12.7 Å². The molecule has 0 rings (SSSR count). The van der Waals surface area contributed by atoms with Gasteiger partial charge in [-0.15, -0.1) is 6.58 Å². The molecular formula is C7H15Si. The monoisotopic (exact) mass is 127 g/mol. The maximum atomic E-state index is 3.72. The highest BCUT2D eigenvalue weighted by molar-refractivity contribution is 6.59. The molecule has 0 bridgehead atoms. The molecule has 1 radical (unpaired) electrons. The van der Waals surface area contributed by atoms with Gasteiger partial charge in [-0.2, -0.15) is 0 Å². The van der Waals surface area contributed by atoms with Gasteiger partial charge >= 0.3 is 0 Å². The van der Waals surface area contributed by atoms with Crippen molar-refractivity contribution in [1.29, 1.82) is 0 Å². The van der Waals surface area contributed by atoms with Crippen LogP contribution in [-0.4, -0.2) is 8.80 Å². The van der Waals surface area contributed by atoms with E-state index in [1.165, 1.54) is 18.1 Å². The van der Waals surface area contributed by atoms with Crippen molar-refractivity contribution in [3.63, 3.8) is 0 Å². The van der Waals surface area contributed by atoms with Crippen LogP contribution in [0, 0.1) is 0 Å². The molecule has 0 aliphatic rings. The van der Waals surface area contributed by atoms with Crippen molar-refractivity contribution in [2.24, 2.45) is 0 Å². The van der Waals surface area contributed by atoms with Gasteiger partial charge in [-0.1, -0.05) is 32.0 Å². The Morgan fingerprint density at radius 3 is 2.00 bits per heavy atom. The van der Waals surface area contributed by atoms with E-state index in [0.717, 1.165) is 0 Å². The summed E-state index contributed by atoms with van der Waals surface area (Å²) in [6, 6.07) is 4.08. The second-order valence-corrected chi connectivity index (χ2v) is 5.27. The molecule has 0 nitrogen and oxygen atoms in total. The summed E-state index contributed by atoms with van der Waals surface area (Å²) in [6.07, 6.45) is 2.06. The Labute approximate surface area is 54.2 Å². The summed E-state index contributed by atoms with van der Waals surface area (Å²) in [5.41, 5.74) is 0. The van der Waals surface area contributed by atoms with E-state index in [1.54, 1.807) is 0 Å². The zero-order valence-corrected chi connectivity index (χ0v) is 6.91. The molecule has 0 aliphatic heterocycles. The Morgan fingerprint density at radius 1 is 1.38 bits per heavy atom. The van der Waals surface area contributed by atoms with Gasteiger partial charge in [-0.25, -0.2) is 0 Å². The molecule has 0 saturated heterocycles. The average Bonchev–Trinajstić information content (AvgIpc) is 1.83. The molecule has 0 aromatic heterocycles. The number of allylic oxidation sites excluding steroid dienone is 1. The topological polar surface area (TPSA) is 0 Å². The van der Waals surface area contributed by atoms with E-state index in [4.69, 9.17) is 0 Å². The van der Waals surface area contributed by atoms with Crippen LogP contribution < -0.4 is 0 Å². The minimum Gasteiger partial charge on any atom is -0.103 e. The molecule has 0 aromatic carbocycles. The van der Waals surface area contributed by atoms with Gasteiger partial charge in [0.25, 0.3) is 0 Å². The smallest absolute Gasteiger partial charge is 0.0513 e. The molecule has 0 unspecified atom stereocenters. The second-order valence-electron chi connectivity index (χ2n) is 1.95. The van der Waals surface area contributed by atoms with Gasteiger partial charge in [0.2, 0.25) is 0 Å². The van der Waals surface area contributed by atoms with Gasteiger partial charge in [-0.05, 0) is 6.04 Å². The molecule has 0 aromatic rings. The normalized spacial score (nSPS) is 9.88. The molecule has 0 spiro atoms. The van der Waals surface area contributed by atoms with Gasteiger partial charge < -0.3 is 0 Å². The van der Waals surface area contributed by atoms with Crippen LogP contribution >= 0.6 is 0 Å². The van der Waals surface area contributed by atoms with E-state index in [0.29, 0.717) is 0 Å². The summed E-state index contributed by atoms with van der Waals surface area (Å²) in [7, 11) is 0.00772. The van der Waals surface area contributed by atoms with Crippen LogP contribution in [0.4, 0.5) is 0 Å². The molecule has 0 N–H and O–H groups in total. The number of hydrogen-bond donors (Lipinski definition) is 0. The van der Waals surface area contributed by atoms with E-state index >= 15 is 0 Å². The summed E-state index contributed by atoms with van der Waals surface area (Å²) in [6.45, 7) is 8.28. The first-order chi connectivity index (χ1) is 3.85. The first-order valence-corrected chi connectivity index (χ1v) is 5.41. The SMILES string of the molecule is C=CC[Si](CC)CC. The van der Waals surface area contributed by atoms with Gasteiger partial charge in [0, 0.05) is 0 Å². The van der Waals surface area contributed by atoms with Crippen molar-refractivity contribution >= 4 is 8.80 Å². The van der Waals surface area contributed by atoms with Crippen LogP contribution in [0.25, 0.3) is 0 Å². The first-order valence-electron chi connectivity index (χ1n) is 3.29. The summed E-state index contributed by atoms with van der Waals surface area (Å²) in [5.74, 6) is 0. The lowest BCUT2D eigenvalue weighted by Crippen LogP contribution is -2.05. The molecule has 0 aliphatic carbocycles. The minimum atomic E-state index is 0.00772. The van der Waals surface area contributed by atoms with Crippen molar-refractivity contribution in [2.45, 2.75) is 32.0 Å². The van der Waals surface area contributed by atoms with E-state index < -0.39 is 0 Å². The maximum absolute atomic E-state index is 3.72. The zero-order valence-electron chi connectivity index (χ0n) is 5.91. The van der Waals surface area contributed by atoms with E-state index in [1.807, 2.05) is 0 Å². The van der Waals surface area contributed by atoms with Gasteiger partial charge in [0.1, 0.15) is 0 Å². The second kappa shape index (κ2) is 5.10. The fourth-order valence-corrected chi connectivity index (χ4v) is 2.23. The number of hydrogen-bond acceptors (Lipinski definition) is 0. The van der Waals surface area contributed by atoms with Crippen molar-refractivity contribution in [1.82, 2.24) is 0 Å². The molecule has 8 heavy (non-hydrogen) atoms. The van der Waals surface area contributed by atoms with Gasteiger partial charge in [0.15, 0.2) is 0 Å². The molecule has 0 saturated carbocycles. The summed E-state index contributed by atoms with van der Waals surface area (Å²) >= 11 is 0. The molecule has 0 atom stereocenters. The molecule has 1 heteroatoms. The predicted molar refractivity (Wildman–Crippen MR) is 41.7 cm³/mol. The van der Waals surface area contributed by atoms with Gasteiger partial charge in [-0.3, -0.25) is 0 Å². The standard InChI is InChI=1S/C7H15Si/c1-4-7-8(5-2)6-3/h4H,1,5-7H2,2-3H3. The van der Waals surface area contributed by atoms with Crippen LogP contribution in [0.3, 0.4) is 0 Å². The third kappa shape index (κ3) is 3.02. The Kier molecular flexibility index (Phi) is 5.07. The van der Waals surface area contributed by atoms with Gasteiger partial charge in [0.05, 0.1) is 8.80 Å². The lowest BCUT2D eigenvalue weighted by Gasteiger charge is -2.03. The highest BCUT2D eigenvalue weighted by Gasteiger charge is 2.00. The van der Waals surface area contributed by atoms with Crippen LogP contribution in [0.2, 0.25) is 18.1 Å². The Hall–Kier alpha value is -0.0431. The zero-order chi connectivity index (χ0) is 6.41. The van der Waals surface area contributed by atoms with E-state index in [9.17, 15) is 0 Å². The first kappa shape index (κ1) is 7.96. The lowest BCUT2D eigenvalue weighted by atomic mass is 10.8. The third-order valence-electron chi connectivity index (χ3n) is 1.43. The molecule has 0 fully saturated rings. The van der Waals surface area contributed by atoms with Crippen molar-refractivity contribution in [3.05, 3.63) is 12.7 Å². The van der Waals surface area contributed by atoms with E-state index in [2.05, 4.69) is 26.5 Å². The van der Waals surface area contributed by atoms with Crippen molar-refractivity contribution in [3.8, 4) is 0 Å². The lowest BCUT2D eigenvalue weighted by molar-refractivity contribution is 1.28. The molecule has 0 heterocycles. The van der Waals surface area contributed by atoms with Crippen molar-refractivity contribution in [2.75, 3.05) is 0 Å². The largest absolute Gasteiger partial charge is 0.103 e. The highest BCUT2D eigenvalue weighted by atomic mass is 28.3. The molecule has 0 amide bonds. The van der Waals surface area contributed by atoms with Crippen molar-refractivity contribution < 1.29 is 0 Å². The highest BCUT2D eigenvalue weighted by Crippen LogP contribution is 2.03. The van der Waals surface area contributed by atoms with E-state index in [-0.39, 0.29) is 8.80 Å². The Bertz CT molecular complexity index is 55.4. The summed E-state index contributed by atoms with van der Waals surface area (Å²) in [5, 5.41) is 0. The third-order valence-corrected chi connectivity index (χ3v) is 4.30. The summed E-state index contributed by atoms with van der Waals surface area (Å²) in [4.78, 5) is 0. The Morgan fingerprint density at radius 2 is 1.88 bits per heavy atom.